The summed E-state index contributed by atoms with van der Waals surface area (Å²) < 4.78 is 5.26. The number of anilines is 3. The highest BCUT2D eigenvalue weighted by Crippen LogP contribution is 2.51. The van der Waals surface area contributed by atoms with Crippen molar-refractivity contribution < 1.29 is 0 Å². The van der Waals surface area contributed by atoms with E-state index in [1.165, 1.54) is 116 Å². The minimum Gasteiger partial charge on any atom is -0.310 e. The van der Waals surface area contributed by atoms with Crippen LogP contribution < -0.4 is 21.3 Å². The summed E-state index contributed by atoms with van der Waals surface area (Å²) in [5.41, 5.74) is 23.1. The Morgan fingerprint density at radius 1 is 0.406 bits per heavy atom. The zero-order valence-electron chi connectivity index (χ0n) is 37.1. The molecular formula is C60H46BN3. The highest BCUT2D eigenvalue weighted by molar-refractivity contribution is 7.00. The summed E-state index contributed by atoms with van der Waals surface area (Å²) in [7, 11) is 0. The molecule has 0 spiro atoms. The third-order valence-corrected chi connectivity index (χ3v) is 14.9. The van der Waals surface area contributed by atoms with E-state index in [1.807, 2.05) is 0 Å². The Hall–Kier alpha value is -7.30. The molecule has 0 unspecified atom stereocenters. The average Bonchev–Trinajstić information content (AvgIpc) is 3.79. The van der Waals surface area contributed by atoms with Gasteiger partial charge in [0.25, 0.3) is 6.71 Å². The number of para-hydroxylation sites is 2. The zero-order valence-corrected chi connectivity index (χ0v) is 37.1. The fourth-order valence-electron chi connectivity index (χ4n) is 12.0. The highest BCUT2D eigenvalue weighted by Gasteiger charge is 2.42. The first-order valence-corrected chi connectivity index (χ1v) is 22.9. The maximum absolute atomic E-state index is 2.66. The van der Waals surface area contributed by atoms with E-state index in [2.05, 4.69) is 225 Å². The molecule has 14 rings (SSSR count). The molecule has 3 nitrogen and oxygen atoms in total. The minimum absolute atomic E-state index is 0.0316. The zero-order chi connectivity index (χ0) is 43.0. The van der Waals surface area contributed by atoms with Crippen molar-refractivity contribution in [3.63, 3.8) is 0 Å². The quantitative estimate of drug-likeness (QED) is 0.162. The van der Waals surface area contributed by atoms with Crippen molar-refractivity contribution in [2.24, 2.45) is 0 Å². The van der Waals surface area contributed by atoms with Crippen molar-refractivity contribution >= 4 is 94.5 Å². The van der Waals surface area contributed by atoms with E-state index in [9.17, 15) is 0 Å². The van der Waals surface area contributed by atoms with E-state index in [1.54, 1.807) is 0 Å². The van der Waals surface area contributed by atoms with Crippen molar-refractivity contribution in [2.75, 3.05) is 4.90 Å². The van der Waals surface area contributed by atoms with Crippen LogP contribution >= 0.6 is 0 Å². The van der Waals surface area contributed by atoms with Crippen LogP contribution in [0.15, 0.2) is 170 Å². The molecule has 2 aliphatic heterocycles. The van der Waals surface area contributed by atoms with E-state index < -0.39 is 0 Å². The topological polar surface area (TPSA) is 13.1 Å². The van der Waals surface area contributed by atoms with Gasteiger partial charge in [0.15, 0.2) is 0 Å². The molecular weight excluding hydrogens is 773 g/mol. The molecule has 4 heteroatoms. The number of hydrogen-bond acceptors (Lipinski definition) is 1. The van der Waals surface area contributed by atoms with Crippen molar-refractivity contribution in [1.29, 1.82) is 0 Å². The van der Waals surface area contributed by atoms with Crippen LogP contribution in [-0.2, 0) is 10.8 Å². The molecule has 4 heterocycles. The van der Waals surface area contributed by atoms with E-state index >= 15 is 0 Å². The smallest absolute Gasteiger partial charge is 0.252 e. The van der Waals surface area contributed by atoms with Crippen molar-refractivity contribution in [3.8, 4) is 33.6 Å². The van der Waals surface area contributed by atoms with Gasteiger partial charge in [0.05, 0.1) is 22.2 Å². The molecule has 304 valence electrons. The van der Waals surface area contributed by atoms with Gasteiger partial charge in [-0.3, -0.25) is 0 Å². The SMILES string of the molecule is CC(C)(C)c1ccc(N(c2ccc(C(C)(C)C)cc2)c2cc3c4c(c2)-n2c5cccc6c5c5c7c(cccc7cc(c52)B4c2cccc4c5ccccc5n-3c24)-c2ccccc2-6)cc1. The molecule has 11 aromatic rings. The maximum atomic E-state index is 2.66. The van der Waals surface area contributed by atoms with Gasteiger partial charge in [-0.2, -0.15) is 0 Å². The molecule has 1 aliphatic carbocycles. The van der Waals surface area contributed by atoms with Gasteiger partial charge in [0.1, 0.15) is 0 Å². The Morgan fingerprint density at radius 2 is 0.938 bits per heavy atom. The summed E-state index contributed by atoms with van der Waals surface area (Å²) in [4.78, 5) is 2.50. The standard InChI is InChI=1S/C60H46BN3/c1-59(2,3)36-24-28-38(29-25-36)62(39-30-26-37(27-31-39)60(4,5)6)40-33-51-56-52(34-40)64-50-23-13-19-45-42-16-8-7-15-41(42)44-18-11-14-35-32-48(58(64)55(53(35)44)54(45)50)61(56)47-21-12-20-46-43-17-9-10-22-49(43)63(51)57(46)47/h7-34H,1-6H3. The number of rotatable bonds is 3. The molecule has 0 saturated heterocycles. The molecule has 0 saturated carbocycles. The molecule has 2 aromatic heterocycles. The Kier molecular flexibility index (Phi) is 6.93. The fourth-order valence-corrected chi connectivity index (χ4v) is 12.0. The maximum Gasteiger partial charge on any atom is 0.252 e. The number of hydrogen-bond donors (Lipinski definition) is 0. The predicted octanol–water partition coefficient (Wildman–Crippen LogP) is 13.9. The molecule has 0 N–H and O–H groups in total. The first kappa shape index (κ1) is 36.2. The van der Waals surface area contributed by atoms with Gasteiger partial charge in [-0.05, 0) is 120 Å². The Morgan fingerprint density at radius 3 is 1.59 bits per heavy atom. The number of fused-ring (bicyclic) bond motifs is 11. The summed E-state index contributed by atoms with van der Waals surface area (Å²) in [5.74, 6) is 0. The van der Waals surface area contributed by atoms with Gasteiger partial charge in [0, 0.05) is 49.8 Å². The monoisotopic (exact) mass is 819 g/mol. The molecule has 64 heavy (non-hydrogen) atoms. The van der Waals surface area contributed by atoms with Crippen LogP contribution in [0.1, 0.15) is 52.7 Å². The van der Waals surface area contributed by atoms with Crippen molar-refractivity contribution in [2.45, 2.75) is 52.4 Å². The van der Waals surface area contributed by atoms with Crippen molar-refractivity contribution in [1.82, 2.24) is 9.13 Å². The van der Waals surface area contributed by atoms with Gasteiger partial charge in [-0.15, -0.1) is 0 Å². The van der Waals surface area contributed by atoms with Gasteiger partial charge in [0.2, 0.25) is 0 Å². The van der Waals surface area contributed by atoms with Crippen LogP contribution in [0.5, 0.6) is 0 Å². The number of benzene rings is 9. The van der Waals surface area contributed by atoms with Gasteiger partial charge >= 0.3 is 0 Å². The second-order valence-corrected chi connectivity index (χ2v) is 20.5. The lowest BCUT2D eigenvalue weighted by Crippen LogP contribution is -2.59. The lowest BCUT2D eigenvalue weighted by atomic mass is 9.34. The van der Waals surface area contributed by atoms with Crippen LogP contribution in [0.3, 0.4) is 0 Å². The van der Waals surface area contributed by atoms with E-state index in [0.29, 0.717) is 0 Å². The summed E-state index contributed by atoms with van der Waals surface area (Å²) in [6, 6.07) is 65.2. The van der Waals surface area contributed by atoms with E-state index in [-0.39, 0.29) is 17.5 Å². The van der Waals surface area contributed by atoms with Crippen LogP contribution in [0.4, 0.5) is 17.1 Å². The van der Waals surface area contributed by atoms with Gasteiger partial charge < -0.3 is 14.0 Å². The molecule has 0 atom stereocenters. The molecule has 0 radical (unpaired) electrons. The average molecular weight is 820 g/mol. The summed E-state index contributed by atoms with van der Waals surface area (Å²) >= 11 is 0. The molecule has 0 bridgehead atoms. The summed E-state index contributed by atoms with van der Waals surface area (Å²) in [6.45, 7) is 13.8. The van der Waals surface area contributed by atoms with Crippen LogP contribution in [-0.4, -0.2) is 15.8 Å². The fraction of sp³-hybridized carbons (Fsp3) is 0.133. The number of aromatic nitrogens is 2. The highest BCUT2D eigenvalue weighted by atomic mass is 15.2. The lowest BCUT2D eigenvalue weighted by molar-refractivity contribution is 0.590. The van der Waals surface area contributed by atoms with Gasteiger partial charge in [-0.25, -0.2) is 0 Å². The third kappa shape index (κ3) is 4.62. The largest absolute Gasteiger partial charge is 0.310 e. The first-order valence-electron chi connectivity index (χ1n) is 22.9. The third-order valence-electron chi connectivity index (χ3n) is 14.9. The van der Waals surface area contributed by atoms with E-state index in [0.717, 1.165) is 17.1 Å². The molecule has 0 fully saturated rings. The molecule has 3 aliphatic rings. The second-order valence-electron chi connectivity index (χ2n) is 20.5. The van der Waals surface area contributed by atoms with E-state index in [4.69, 9.17) is 0 Å². The molecule has 0 amide bonds. The Bertz CT molecular complexity index is 3790. The summed E-state index contributed by atoms with van der Waals surface area (Å²) in [6.07, 6.45) is 0. The normalized spacial score (nSPS) is 13.4. The van der Waals surface area contributed by atoms with Crippen LogP contribution in [0.2, 0.25) is 0 Å². The van der Waals surface area contributed by atoms with Crippen LogP contribution in [0, 0.1) is 0 Å². The van der Waals surface area contributed by atoms with Crippen molar-refractivity contribution in [3.05, 3.63) is 181 Å². The van der Waals surface area contributed by atoms with Crippen LogP contribution in [0.25, 0.3) is 88.0 Å². The second kappa shape index (κ2) is 12.2. The Labute approximate surface area is 373 Å². The Balaban J connectivity index is 1.16. The minimum atomic E-state index is 0.0316. The number of nitrogens with zero attached hydrogens (tertiary/aromatic N) is 3. The van der Waals surface area contributed by atoms with Gasteiger partial charge in [-0.1, -0.05) is 163 Å². The first-order chi connectivity index (χ1) is 31.0. The predicted molar refractivity (Wildman–Crippen MR) is 274 cm³/mol. The lowest BCUT2D eigenvalue weighted by Gasteiger charge is -2.36. The summed E-state index contributed by atoms with van der Waals surface area (Å²) in [5, 5.41) is 7.96. The molecule has 9 aromatic carbocycles.